The highest BCUT2D eigenvalue weighted by atomic mass is 19.4. The second kappa shape index (κ2) is 10.00. The number of carbonyl (C=O) groups excluding carboxylic acids is 2. The van der Waals surface area contributed by atoms with Crippen LogP contribution in [0.25, 0.3) is 0 Å². The first-order valence-electron chi connectivity index (χ1n) is 9.80. The molecule has 168 valence electrons. The van der Waals surface area contributed by atoms with E-state index in [4.69, 9.17) is 0 Å². The van der Waals surface area contributed by atoms with Crippen LogP contribution >= 0.6 is 0 Å². The molecule has 1 fully saturated rings. The summed E-state index contributed by atoms with van der Waals surface area (Å²) in [7, 11) is 0. The van der Waals surface area contributed by atoms with E-state index in [0.717, 1.165) is 25.0 Å². The maximum absolute atomic E-state index is 12.2. The quantitative estimate of drug-likeness (QED) is 0.683. The van der Waals surface area contributed by atoms with E-state index in [0.29, 0.717) is 31.0 Å². The fourth-order valence-electron chi connectivity index (χ4n) is 3.33. The number of carbonyl (C=O) groups is 2. The average molecular weight is 447 g/mol. The molecule has 0 saturated carbocycles. The smallest absolute Gasteiger partial charge is 0.406 e. The van der Waals surface area contributed by atoms with E-state index in [-0.39, 0.29) is 11.6 Å². The molecule has 11 heteroatoms. The largest absolute Gasteiger partial charge is 0.573 e. The van der Waals surface area contributed by atoms with Crippen molar-refractivity contribution >= 4 is 23.3 Å². The van der Waals surface area contributed by atoms with Crippen LogP contribution in [0.2, 0.25) is 0 Å². The zero-order valence-electron chi connectivity index (χ0n) is 16.9. The van der Waals surface area contributed by atoms with Crippen molar-refractivity contribution in [3.63, 3.8) is 0 Å². The number of ether oxygens (including phenoxy) is 1. The topological polar surface area (TPSA) is 107 Å². The molecule has 8 nitrogen and oxygen atoms in total. The molecule has 0 spiro atoms. The van der Waals surface area contributed by atoms with Crippen LogP contribution < -0.4 is 20.3 Å². The van der Waals surface area contributed by atoms with Gasteiger partial charge in [-0.1, -0.05) is 0 Å². The van der Waals surface area contributed by atoms with Crippen molar-refractivity contribution in [2.75, 3.05) is 29.9 Å². The first-order valence-corrected chi connectivity index (χ1v) is 9.80. The molecule has 2 aromatic rings. The van der Waals surface area contributed by atoms with Gasteiger partial charge < -0.3 is 20.3 Å². The van der Waals surface area contributed by atoms with Crippen LogP contribution in [-0.2, 0) is 9.59 Å². The maximum atomic E-state index is 12.2. The van der Waals surface area contributed by atoms with Crippen molar-refractivity contribution in [2.24, 2.45) is 5.92 Å². The summed E-state index contributed by atoms with van der Waals surface area (Å²) in [6.45, 7) is 1.65. The van der Waals surface area contributed by atoms with E-state index >= 15 is 0 Å². The Kier molecular flexibility index (Phi) is 7.14. The first-order chi connectivity index (χ1) is 15.2. The van der Waals surface area contributed by atoms with E-state index in [2.05, 4.69) is 26.4 Å². The molecule has 1 aliphatic rings. The minimum Gasteiger partial charge on any atom is -0.406 e. The van der Waals surface area contributed by atoms with E-state index in [1.54, 1.807) is 18.3 Å². The number of anilines is 2. The fourth-order valence-corrected chi connectivity index (χ4v) is 3.33. The van der Waals surface area contributed by atoms with Gasteiger partial charge >= 0.3 is 18.2 Å². The van der Waals surface area contributed by atoms with Crippen molar-refractivity contribution in [1.29, 1.82) is 5.26 Å². The number of alkyl halides is 3. The molecule has 1 aromatic carbocycles. The average Bonchev–Trinajstić information content (AvgIpc) is 2.78. The molecule has 0 bridgehead atoms. The lowest BCUT2D eigenvalue weighted by Crippen LogP contribution is -2.42. The number of benzene rings is 1. The monoisotopic (exact) mass is 447 g/mol. The Balaban J connectivity index is 1.43. The first kappa shape index (κ1) is 22.9. The van der Waals surface area contributed by atoms with Gasteiger partial charge in [0.05, 0.1) is 5.56 Å². The Bertz CT molecular complexity index is 997. The lowest BCUT2D eigenvalue weighted by atomic mass is 9.96. The van der Waals surface area contributed by atoms with Crippen molar-refractivity contribution in [1.82, 2.24) is 10.3 Å². The van der Waals surface area contributed by atoms with Crippen LogP contribution in [0.3, 0.4) is 0 Å². The highest BCUT2D eigenvalue weighted by Crippen LogP contribution is 2.25. The maximum Gasteiger partial charge on any atom is 0.573 e. The molecule has 0 aliphatic carbocycles. The van der Waals surface area contributed by atoms with Crippen molar-refractivity contribution in [2.45, 2.75) is 19.2 Å². The number of amides is 2. The van der Waals surface area contributed by atoms with Crippen LogP contribution in [0, 0.1) is 17.2 Å². The van der Waals surface area contributed by atoms with Crippen molar-refractivity contribution in [3.8, 4) is 11.8 Å². The number of pyridine rings is 1. The standard InChI is InChI=1S/C21H20F3N5O3/c22-21(23,24)32-17-5-3-16(4-6-17)28-20(31)19(30)27-13-14-7-10-29(11-8-14)18-15(12-25)2-1-9-26-18/h1-6,9,14H,7-8,10-11,13H2,(H,27,30)(H,28,31). The highest BCUT2D eigenvalue weighted by molar-refractivity contribution is 6.39. The fraction of sp³-hybridized carbons (Fsp3) is 0.333. The molecule has 0 radical (unpaired) electrons. The summed E-state index contributed by atoms with van der Waals surface area (Å²) in [6.07, 6.45) is -1.66. The summed E-state index contributed by atoms with van der Waals surface area (Å²) in [6, 6.07) is 10.0. The molecule has 32 heavy (non-hydrogen) atoms. The van der Waals surface area contributed by atoms with Gasteiger partial charge in [-0.05, 0) is 55.2 Å². The Morgan fingerprint density at radius 3 is 2.47 bits per heavy atom. The summed E-state index contributed by atoms with van der Waals surface area (Å²) in [5.74, 6) is -1.38. The van der Waals surface area contributed by atoms with Crippen LogP contribution in [-0.4, -0.2) is 42.8 Å². The lowest BCUT2D eigenvalue weighted by Gasteiger charge is -2.33. The summed E-state index contributed by atoms with van der Waals surface area (Å²) >= 11 is 0. The zero-order valence-corrected chi connectivity index (χ0v) is 16.9. The molecule has 1 aromatic heterocycles. The number of piperidine rings is 1. The van der Waals surface area contributed by atoms with Gasteiger partial charge in [-0.2, -0.15) is 5.26 Å². The minimum atomic E-state index is -4.81. The number of rotatable bonds is 5. The molecule has 1 saturated heterocycles. The SMILES string of the molecule is N#Cc1cccnc1N1CCC(CNC(=O)C(=O)Nc2ccc(OC(F)(F)F)cc2)CC1. The van der Waals surface area contributed by atoms with Crippen molar-refractivity contribution in [3.05, 3.63) is 48.2 Å². The van der Waals surface area contributed by atoms with Gasteiger partial charge in [0.25, 0.3) is 0 Å². The summed E-state index contributed by atoms with van der Waals surface area (Å²) < 4.78 is 40.3. The number of hydrogen-bond acceptors (Lipinski definition) is 6. The van der Waals surface area contributed by atoms with E-state index < -0.39 is 23.9 Å². The van der Waals surface area contributed by atoms with E-state index in [1.165, 1.54) is 12.1 Å². The normalized spacial score (nSPS) is 14.4. The number of nitrogens with zero attached hydrogens (tertiary/aromatic N) is 3. The number of hydrogen-bond donors (Lipinski definition) is 2. The third-order valence-electron chi connectivity index (χ3n) is 4.92. The van der Waals surface area contributed by atoms with E-state index in [1.807, 2.05) is 4.90 Å². The third-order valence-corrected chi connectivity index (χ3v) is 4.92. The van der Waals surface area contributed by atoms with E-state index in [9.17, 15) is 28.0 Å². The van der Waals surface area contributed by atoms with Crippen LogP contribution in [0.4, 0.5) is 24.7 Å². The second-order valence-corrected chi connectivity index (χ2v) is 7.15. The molecule has 0 unspecified atom stereocenters. The highest BCUT2D eigenvalue weighted by Gasteiger charge is 2.31. The number of nitrogens with one attached hydrogen (secondary N) is 2. The molecule has 1 aliphatic heterocycles. The van der Waals surface area contributed by atoms with Gasteiger partial charge in [0.2, 0.25) is 0 Å². The number of nitriles is 1. The lowest BCUT2D eigenvalue weighted by molar-refractivity contribution is -0.274. The second-order valence-electron chi connectivity index (χ2n) is 7.15. The Hall–Kier alpha value is -3.81. The molecule has 3 rings (SSSR count). The van der Waals surface area contributed by atoms with Gasteiger partial charge in [-0.3, -0.25) is 9.59 Å². The van der Waals surface area contributed by atoms with Gasteiger partial charge in [0.15, 0.2) is 0 Å². The third kappa shape index (κ3) is 6.34. The Labute approximate surface area is 182 Å². The summed E-state index contributed by atoms with van der Waals surface area (Å²) in [5.41, 5.74) is 0.672. The molecule has 2 heterocycles. The molecular formula is C21H20F3N5O3. The number of aromatic nitrogens is 1. The Morgan fingerprint density at radius 2 is 1.84 bits per heavy atom. The molecule has 2 amide bonds. The van der Waals surface area contributed by atoms with Crippen LogP contribution in [0.5, 0.6) is 5.75 Å². The molecule has 2 N–H and O–H groups in total. The predicted molar refractivity (Wildman–Crippen MR) is 109 cm³/mol. The summed E-state index contributed by atoms with van der Waals surface area (Å²) in [5, 5.41) is 14.1. The van der Waals surface area contributed by atoms with Crippen LogP contribution in [0.15, 0.2) is 42.6 Å². The zero-order chi connectivity index (χ0) is 23.1. The Morgan fingerprint density at radius 1 is 1.16 bits per heavy atom. The molecular weight excluding hydrogens is 427 g/mol. The predicted octanol–water partition coefficient (Wildman–Crippen LogP) is 2.82. The van der Waals surface area contributed by atoms with Gasteiger partial charge in [0, 0.05) is 31.5 Å². The van der Waals surface area contributed by atoms with Gasteiger partial charge in [-0.15, -0.1) is 13.2 Å². The van der Waals surface area contributed by atoms with Crippen molar-refractivity contribution < 1.29 is 27.5 Å². The van der Waals surface area contributed by atoms with Gasteiger partial charge in [-0.25, -0.2) is 4.98 Å². The summed E-state index contributed by atoms with van der Waals surface area (Å²) in [4.78, 5) is 30.4. The minimum absolute atomic E-state index is 0.163. The number of halogens is 3. The van der Waals surface area contributed by atoms with Crippen LogP contribution in [0.1, 0.15) is 18.4 Å². The molecule has 0 atom stereocenters. The van der Waals surface area contributed by atoms with Gasteiger partial charge in [0.1, 0.15) is 17.6 Å².